The van der Waals surface area contributed by atoms with Gasteiger partial charge < -0.3 is 5.32 Å². The van der Waals surface area contributed by atoms with E-state index in [1.54, 1.807) is 14.7 Å². The van der Waals surface area contributed by atoms with Crippen molar-refractivity contribution in [2.24, 2.45) is 5.92 Å². The monoisotopic (exact) mass is 301 g/mol. The van der Waals surface area contributed by atoms with Crippen LogP contribution in [0.2, 0.25) is 0 Å². The Morgan fingerprint density at radius 2 is 1.95 bits per heavy atom. The minimum Gasteiger partial charge on any atom is -0.317 e. The van der Waals surface area contributed by atoms with Crippen LogP contribution in [0.4, 0.5) is 0 Å². The topological polar surface area (TPSA) is 52.7 Å². The van der Waals surface area contributed by atoms with Crippen LogP contribution < -0.4 is 5.32 Å². The molecule has 1 saturated carbocycles. The molecule has 0 aromatic heterocycles. The van der Waals surface area contributed by atoms with Crippen molar-refractivity contribution in [2.75, 3.05) is 32.7 Å². The van der Waals surface area contributed by atoms with Crippen molar-refractivity contribution < 1.29 is 8.42 Å². The third-order valence-electron chi connectivity index (χ3n) is 4.14. The first-order valence-corrected chi connectivity index (χ1v) is 9.07. The van der Waals surface area contributed by atoms with E-state index in [0.717, 1.165) is 38.8 Å². The quantitative estimate of drug-likeness (QED) is 0.686. The summed E-state index contributed by atoms with van der Waals surface area (Å²) in [6.45, 7) is 9.50. The zero-order chi connectivity index (χ0) is 14.6. The molecule has 1 aliphatic carbocycles. The molecule has 0 aromatic carbocycles. The molecule has 116 valence electrons. The van der Waals surface area contributed by atoms with Gasteiger partial charge in [0.15, 0.2) is 0 Å². The predicted molar refractivity (Wildman–Crippen MR) is 81.7 cm³/mol. The van der Waals surface area contributed by atoms with E-state index in [2.05, 4.69) is 18.8 Å². The molecule has 1 saturated heterocycles. The van der Waals surface area contributed by atoms with Crippen LogP contribution in [0.15, 0.2) is 12.7 Å². The van der Waals surface area contributed by atoms with E-state index in [-0.39, 0.29) is 6.04 Å². The average molecular weight is 301 g/mol. The van der Waals surface area contributed by atoms with E-state index in [9.17, 15) is 8.42 Å². The standard InChI is InChI=1S/C14H27N3O2S/c1-3-9-17(14-5-6-14)20(18,19)16-10-7-13(8-11-16)12-15-4-2/h3,13-15H,1,4-12H2,2H3. The average Bonchev–Trinajstić information content (AvgIpc) is 3.27. The van der Waals surface area contributed by atoms with Crippen LogP contribution in [0, 0.1) is 5.92 Å². The van der Waals surface area contributed by atoms with E-state index in [4.69, 9.17) is 0 Å². The van der Waals surface area contributed by atoms with Crippen molar-refractivity contribution in [1.29, 1.82) is 0 Å². The van der Waals surface area contributed by atoms with Crippen LogP contribution >= 0.6 is 0 Å². The third kappa shape index (κ3) is 3.81. The summed E-state index contributed by atoms with van der Waals surface area (Å²) in [6, 6.07) is 0.206. The first-order chi connectivity index (χ1) is 9.59. The van der Waals surface area contributed by atoms with Crippen LogP contribution in [0.1, 0.15) is 32.6 Å². The van der Waals surface area contributed by atoms with E-state index in [0.29, 0.717) is 25.6 Å². The molecular weight excluding hydrogens is 274 g/mol. The second kappa shape index (κ2) is 7.02. The largest absolute Gasteiger partial charge is 0.317 e. The van der Waals surface area contributed by atoms with Crippen molar-refractivity contribution in [3.05, 3.63) is 12.7 Å². The lowest BCUT2D eigenvalue weighted by atomic mass is 9.98. The molecule has 0 aromatic rings. The van der Waals surface area contributed by atoms with Gasteiger partial charge in [-0.1, -0.05) is 13.0 Å². The number of hydrogen-bond donors (Lipinski definition) is 1. The van der Waals surface area contributed by atoms with Gasteiger partial charge in [0, 0.05) is 25.7 Å². The van der Waals surface area contributed by atoms with Gasteiger partial charge in [0.2, 0.25) is 0 Å². The number of piperidine rings is 1. The Morgan fingerprint density at radius 1 is 1.30 bits per heavy atom. The van der Waals surface area contributed by atoms with Crippen LogP contribution in [-0.4, -0.2) is 55.8 Å². The van der Waals surface area contributed by atoms with Gasteiger partial charge in [-0.2, -0.15) is 17.0 Å². The molecule has 2 aliphatic rings. The highest BCUT2D eigenvalue weighted by Crippen LogP contribution is 2.31. The Hall–Kier alpha value is -0.430. The first-order valence-electron chi connectivity index (χ1n) is 7.68. The molecule has 0 unspecified atom stereocenters. The fraction of sp³-hybridized carbons (Fsp3) is 0.857. The number of nitrogens with one attached hydrogen (secondary N) is 1. The summed E-state index contributed by atoms with van der Waals surface area (Å²) in [7, 11) is -3.29. The maximum atomic E-state index is 12.7. The summed E-state index contributed by atoms with van der Waals surface area (Å²) in [5.74, 6) is 0.607. The minimum atomic E-state index is -3.29. The second-order valence-corrected chi connectivity index (χ2v) is 7.63. The summed E-state index contributed by atoms with van der Waals surface area (Å²) in [4.78, 5) is 0. The highest BCUT2D eigenvalue weighted by molar-refractivity contribution is 7.86. The summed E-state index contributed by atoms with van der Waals surface area (Å²) >= 11 is 0. The molecule has 2 fully saturated rings. The van der Waals surface area contributed by atoms with Gasteiger partial charge in [-0.25, -0.2) is 0 Å². The fourth-order valence-corrected chi connectivity index (χ4v) is 4.61. The molecule has 2 rings (SSSR count). The molecule has 5 nitrogen and oxygen atoms in total. The smallest absolute Gasteiger partial charge is 0.282 e. The van der Waals surface area contributed by atoms with Crippen LogP contribution in [-0.2, 0) is 10.2 Å². The maximum absolute atomic E-state index is 12.7. The maximum Gasteiger partial charge on any atom is 0.282 e. The zero-order valence-electron chi connectivity index (χ0n) is 12.4. The molecule has 0 bridgehead atoms. The molecule has 0 amide bonds. The molecular formula is C14H27N3O2S. The minimum absolute atomic E-state index is 0.206. The van der Waals surface area contributed by atoms with Crippen molar-refractivity contribution in [2.45, 2.75) is 38.6 Å². The van der Waals surface area contributed by atoms with Gasteiger partial charge >= 0.3 is 0 Å². The van der Waals surface area contributed by atoms with E-state index >= 15 is 0 Å². The lowest BCUT2D eigenvalue weighted by Gasteiger charge is -2.34. The van der Waals surface area contributed by atoms with Gasteiger partial charge in [-0.15, -0.1) is 6.58 Å². The zero-order valence-corrected chi connectivity index (χ0v) is 13.2. The van der Waals surface area contributed by atoms with E-state index in [1.165, 1.54) is 0 Å². The van der Waals surface area contributed by atoms with Gasteiger partial charge in [0.1, 0.15) is 0 Å². The van der Waals surface area contributed by atoms with Crippen LogP contribution in [0.3, 0.4) is 0 Å². The SMILES string of the molecule is C=CCN(C1CC1)S(=O)(=O)N1CCC(CNCC)CC1. The van der Waals surface area contributed by atoms with Crippen molar-refractivity contribution >= 4 is 10.2 Å². The highest BCUT2D eigenvalue weighted by Gasteiger charge is 2.40. The Morgan fingerprint density at radius 3 is 2.45 bits per heavy atom. The molecule has 0 atom stereocenters. The van der Waals surface area contributed by atoms with Gasteiger partial charge in [-0.3, -0.25) is 0 Å². The fourth-order valence-electron chi connectivity index (χ4n) is 2.76. The molecule has 0 spiro atoms. The molecule has 1 heterocycles. The molecule has 0 radical (unpaired) electrons. The number of nitrogens with zero attached hydrogens (tertiary/aromatic N) is 2. The van der Waals surface area contributed by atoms with E-state index < -0.39 is 10.2 Å². The highest BCUT2D eigenvalue weighted by atomic mass is 32.2. The Balaban J connectivity index is 1.92. The van der Waals surface area contributed by atoms with Crippen LogP contribution in [0.25, 0.3) is 0 Å². The molecule has 6 heteroatoms. The predicted octanol–water partition coefficient (Wildman–Crippen LogP) is 1.20. The molecule has 1 aliphatic heterocycles. The van der Waals surface area contributed by atoms with Gasteiger partial charge in [0.05, 0.1) is 0 Å². The van der Waals surface area contributed by atoms with E-state index in [1.807, 2.05) is 0 Å². The van der Waals surface area contributed by atoms with Crippen molar-refractivity contribution in [3.8, 4) is 0 Å². The normalized spacial score (nSPS) is 22.3. The van der Waals surface area contributed by atoms with Gasteiger partial charge in [-0.05, 0) is 44.7 Å². The third-order valence-corrected chi connectivity index (χ3v) is 6.20. The number of rotatable bonds is 8. The second-order valence-electron chi connectivity index (χ2n) is 5.75. The van der Waals surface area contributed by atoms with Gasteiger partial charge in [0.25, 0.3) is 10.2 Å². The first kappa shape index (κ1) is 15.9. The Labute approximate surface area is 123 Å². The summed E-state index contributed by atoms with van der Waals surface area (Å²) in [6.07, 6.45) is 5.58. The summed E-state index contributed by atoms with van der Waals surface area (Å²) < 4.78 is 28.6. The number of hydrogen-bond acceptors (Lipinski definition) is 3. The molecule has 20 heavy (non-hydrogen) atoms. The van der Waals surface area contributed by atoms with Crippen molar-refractivity contribution in [1.82, 2.24) is 13.9 Å². The lowest BCUT2D eigenvalue weighted by molar-refractivity contribution is 0.251. The summed E-state index contributed by atoms with van der Waals surface area (Å²) in [5.41, 5.74) is 0. The Kier molecular flexibility index (Phi) is 5.60. The van der Waals surface area contributed by atoms with Crippen LogP contribution in [0.5, 0.6) is 0 Å². The molecule has 1 N–H and O–H groups in total. The lowest BCUT2D eigenvalue weighted by Crippen LogP contribution is -2.48. The Bertz CT molecular complexity index is 412. The summed E-state index contributed by atoms with van der Waals surface area (Å²) in [5, 5.41) is 3.35. The van der Waals surface area contributed by atoms with Crippen molar-refractivity contribution in [3.63, 3.8) is 0 Å².